The maximum absolute atomic E-state index is 8.86. The van der Waals surface area contributed by atoms with Gasteiger partial charge in [0.25, 0.3) is 6.73 Å². The Morgan fingerprint density at radius 3 is 1.72 bits per heavy atom. The van der Waals surface area contributed by atoms with Crippen LogP contribution in [0.2, 0.25) is 0 Å². The number of aromatic nitrogens is 5. The Kier molecular flexibility index (Phi) is 28.5. The Morgan fingerprint density at radius 2 is 1.07 bits per heavy atom. The number of rotatable bonds is 18. The number of halogens is 1. The number of nitrogens with zero attached hydrogens (tertiary/aromatic N) is 6. The molecule has 1 aliphatic heterocycles. The Bertz CT molecular complexity index is 4050. The number of methoxy groups -OCH3 is 1. The highest BCUT2D eigenvalue weighted by Gasteiger charge is 2.41. The largest absolute Gasteiger partial charge is 0.390 e. The average Bonchev–Trinajstić information content (AvgIpc) is 0.757. The topological polar surface area (TPSA) is 48.9 Å². The molecule has 11 aromatic rings. The summed E-state index contributed by atoms with van der Waals surface area (Å²) in [6.45, 7) is 20.1. The van der Waals surface area contributed by atoms with Crippen LogP contribution < -0.4 is 27.3 Å². The molecule has 1 N–H and O–H groups in total. The first-order valence-corrected chi connectivity index (χ1v) is 34.3. The van der Waals surface area contributed by atoms with Crippen molar-refractivity contribution in [3.05, 3.63) is 247 Å². The number of benzene rings is 6. The number of fused-ring (bicyclic) bond motifs is 6. The van der Waals surface area contributed by atoms with Crippen molar-refractivity contribution < 1.29 is 32.7 Å². The van der Waals surface area contributed by atoms with Crippen molar-refractivity contribution in [1.82, 2.24) is 4.48 Å². The Hall–Kier alpha value is -7.72. The second kappa shape index (κ2) is 36.5. The van der Waals surface area contributed by atoms with E-state index in [9.17, 15) is 0 Å². The van der Waals surface area contributed by atoms with Gasteiger partial charge in [-0.15, -0.1) is 11.6 Å². The smallest absolute Gasteiger partial charge is 0.252 e. The number of aliphatic hydroxyl groups is 1. The first-order valence-electron chi connectivity index (χ1n) is 33.7. The SMILES string of the molecule is CCCCCCCCCCCCC(CCl)[n+]1cccc2ccccc21.CC[n+]1c(C)ccc2ccccc21.COC[n+]1ccc(C)c2ccccc21.Cc1cccc2c1[N+](C)(C)C(C)(C)C=C2.Cc1cccc2ccc[n+](C)c12.OCC[n+]1cccc2ccccc21. The van der Waals surface area contributed by atoms with Crippen molar-refractivity contribution >= 4 is 77.9 Å². The quantitative estimate of drug-likeness (QED) is 0.0403. The molecule has 482 valence electrons. The zero-order valence-electron chi connectivity index (χ0n) is 57.7. The fraction of sp³-hybridized carbons (Fsp3) is 0.361. The van der Waals surface area contributed by atoms with Crippen LogP contribution in [0.4, 0.5) is 5.69 Å². The Morgan fingerprint density at radius 1 is 0.522 bits per heavy atom. The van der Waals surface area contributed by atoms with E-state index in [1.807, 2.05) is 30.5 Å². The molecule has 0 saturated carbocycles. The van der Waals surface area contributed by atoms with Crippen LogP contribution in [0, 0.1) is 27.7 Å². The van der Waals surface area contributed by atoms with Crippen LogP contribution in [0.25, 0.3) is 60.6 Å². The summed E-state index contributed by atoms with van der Waals surface area (Å²) in [5.41, 5.74) is 14.6. The van der Waals surface area contributed by atoms with Gasteiger partial charge in [-0.2, -0.15) is 18.3 Å². The van der Waals surface area contributed by atoms with Gasteiger partial charge in [-0.3, -0.25) is 4.48 Å². The molecule has 0 saturated heterocycles. The predicted molar refractivity (Wildman–Crippen MR) is 390 cm³/mol. The lowest BCUT2D eigenvalue weighted by Crippen LogP contribution is -2.57. The summed E-state index contributed by atoms with van der Waals surface area (Å²) in [7, 11) is 8.36. The molecule has 6 aromatic carbocycles. The van der Waals surface area contributed by atoms with Gasteiger partial charge in [-0.05, 0) is 126 Å². The molecule has 0 spiro atoms. The number of pyridine rings is 5. The average molecular weight is 1260 g/mol. The van der Waals surface area contributed by atoms with Crippen LogP contribution in [0.5, 0.6) is 0 Å². The van der Waals surface area contributed by atoms with Gasteiger partial charge in [0.15, 0.2) is 43.1 Å². The lowest BCUT2D eigenvalue weighted by Gasteiger charge is -2.46. The van der Waals surface area contributed by atoms with E-state index >= 15 is 0 Å². The molecule has 0 bridgehead atoms. The summed E-state index contributed by atoms with van der Waals surface area (Å²) in [6.07, 6.45) is 27.9. The summed E-state index contributed by atoms with van der Waals surface area (Å²) in [5.74, 6) is 0.691. The molecule has 0 aliphatic carbocycles. The Labute approximate surface area is 556 Å². The molecule has 0 fully saturated rings. The number of unbranched alkanes of at least 4 members (excludes halogenated alkanes) is 9. The molecule has 1 aliphatic rings. The van der Waals surface area contributed by atoms with Crippen molar-refractivity contribution in [3.63, 3.8) is 0 Å². The summed E-state index contributed by atoms with van der Waals surface area (Å²) < 4.78 is 17.1. The third kappa shape index (κ3) is 19.4. The fourth-order valence-electron chi connectivity index (χ4n) is 12.6. The van der Waals surface area contributed by atoms with E-state index in [-0.39, 0.29) is 12.1 Å². The second-order valence-electron chi connectivity index (χ2n) is 25.5. The van der Waals surface area contributed by atoms with Crippen LogP contribution in [0.1, 0.15) is 132 Å². The molecule has 0 amide bonds. The lowest BCUT2D eigenvalue weighted by molar-refractivity contribution is -0.707. The Balaban J connectivity index is 0.000000160. The fourth-order valence-corrected chi connectivity index (χ4v) is 12.9. The van der Waals surface area contributed by atoms with E-state index < -0.39 is 0 Å². The molecule has 1 atom stereocenters. The number of alkyl halides is 1. The molecule has 92 heavy (non-hydrogen) atoms. The van der Waals surface area contributed by atoms with Crippen LogP contribution in [0.15, 0.2) is 219 Å². The molecule has 8 nitrogen and oxygen atoms in total. The van der Waals surface area contributed by atoms with Gasteiger partial charge in [0.1, 0.15) is 31.4 Å². The number of aryl methyl sites for hydroxylation is 6. The predicted octanol–water partition coefficient (Wildman–Crippen LogP) is 18.2. The molecule has 12 rings (SSSR count). The van der Waals surface area contributed by atoms with E-state index in [2.05, 4.69) is 294 Å². The summed E-state index contributed by atoms with van der Waals surface area (Å²) in [6, 6.07) is 66.0. The monoisotopic (exact) mass is 1250 g/mol. The normalized spacial score (nSPS) is 12.8. The van der Waals surface area contributed by atoms with Gasteiger partial charge in [-0.1, -0.05) is 138 Å². The minimum Gasteiger partial charge on any atom is -0.390 e. The van der Waals surface area contributed by atoms with E-state index in [0.29, 0.717) is 25.2 Å². The number of quaternary nitrogens is 1. The number of hydrogen-bond acceptors (Lipinski definition) is 2. The molecular weight excluding hydrogens is 1150 g/mol. The number of ether oxygens (including phenoxy) is 1. The van der Waals surface area contributed by atoms with Crippen LogP contribution in [-0.4, -0.2) is 44.3 Å². The maximum Gasteiger partial charge on any atom is 0.252 e. The van der Waals surface area contributed by atoms with Crippen LogP contribution in [0.3, 0.4) is 0 Å². The number of hydrogen-bond donors (Lipinski definition) is 1. The van der Waals surface area contributed by atoms with Gasteiger partial charge in [-0.25, -0.2) is 4.57 Å². The van der Waals surface area contributed by atoms with E-state index in [1.165, 1.54) is 159 Å². The van der Waals surface area contributed by atoms with Gasteiger partial charge >= 0.3 is 0 Å². The van der Waals surface area contributed by atoms with Crippen molar-refractivity contribution in [2.75, 3.05) is 33.7 Å². The molecule has 6 heterocycles. The first-order chi connectivity index (χ1) is 44.6. The number of aliphatic hydroxyl groups excluding tert-OH is 1. The number of para-hydroxylation sites is 6. The van der Waals surface area contributed by atoms with Gasteiger partial charge in [0.05, 0.1) is 20.0 Å². The zero-order valence-corrected chi connectivity index (χ0v) is 58.4. The lowest BCUT2D eigenvalue weighted by atomic mass is 9.90. The van der Waals surface area contributed by atoms with Crippen LogP contribution >= 0.6 is 11.6 Å². The molecule has 9 heteroatoms. The third-order valence-corrected chi connectivity index (χ3v) is 18.7. The van der Waals surface area contributed by atoms with Crippen molar-refractivity contribution in [2.24, 2.45) is 7.05 Å². The molecule has 0 radical (unpaired) electrons. The van der Waals surface area contributed by atoms with Crippen molar-refractivity contribution in [3.8, 4) is 0 Å². The maximum atomic E-state index is 8.86. The second-order valence-corrected chi connectivity index (χ2v) is 25.8. The minimum absolute atomic E-state index is 0.166. The molecule has 1 unspecified atom stereocenters. The summed E-state index contributed by atoms with van der Waals surface area (Å²) in [4.78, 5) is 0. The molecule has 5 aromatic heterocycles. The number of likely N-dealkylation sites (N-methyl/N-ethyl adjacent to an activating group) is 1. The summed E-state index contributed by atoms with van der Waals surface area (Å²) >= 11 is 6.30. The van der Waals surface area contributed by atoms with E-state index in [1.54, 1.807) is 7.11 Å². The standard InChI is InChI=1S/C23H35ClN.C14H20N.C12H14NO.C12H14N.C11H12NO.C11H12N/c1-2-3-4-5-6-7-8-9-10-11-17-22(20-24)25-19-14-16-21-15-12-13-18-23(21)25;1-11-7-6-8-12-9-10-14(2,3)15(4,5)13(11)12;1-10-7-8-13(9-14-2)12-6-4-3-5-11(10)12;1-3-13-10(2)8-9-11-6-4-5-7-12(11)13;13-9-8-12-7-3-5-10-4-1-2-6-11(10)12;1-9-5-3-6-10-7-4-8-12(2)11(9)10/h12-16,18-19,22H,2-11,17,20H2,1H3;6-10H,1-5H3;3-8H,9H2,1-2H3;4-9H,3H2,1-2H3;1-7,13H,8-9H2;3-8H,1-2H3/q6*+1. The van der Waals surface area contributed by atoms with Crippen LogP contribution in [-0.2, 0) is 31.6 Å². The van der Waals surface area contributed by atoms with Gasteiger partial charge in [0, 0.05) is 119 Å². The van der Waals surface area contributed by atoms with E-state index in [4.69, 9.17) is 21.4 Å². The first kappa shape index (κ1) is 71.7. The van der Waals surface area contributed by atoms with Crippen molar-refractivity contribution in [2.45, 2.75) is 157 Å². The highest BCUT2D eigenvalue weighted by atomic mass is 35.5. The van der Waals surface area contributed by atoms with Gasteiger partial charge < -0.3 is 9.84 Å². The summed E-state index contributed by atoms with van der Waals surface area (Å²) in [5, 5.41) is 15.3. The minimum atomic E-state index is 0.166. The van der Waals surface area contributed by atoms with Gasteiger partial charge in [0.2, 0.25) is 27.6 Å². The molecular formula is C83H107ClN6O2+6. The highest BCUT2D eigenvalue weighted by Crippen LogP contribution is 2.40. The third-order valence-electron chi connectivity index (χ3n) is 18.4. The zero-order chi connectivity index (χ0) is 65.9. The van der Waals surface area contributed by atoms with Crippen molar-refractivity contribution in [1.29, 1.82) is 0 Å². The highest BCUT2D eigenvalue weighted by molar-refractivity contribution is 6.18. The van der Waals surface area contributed by atoms with E-state index in [0.717, 1.165) is 11.0 Å².